The minimum atomic E-state index is -0.535. The van der Waals surface area contributed by atoms with Crippen molar-refractivity contribution >= 4 is 57.4 Å². The lowest BCUT2D eigenvalue weighted by atomic mass is 10.1. The van der Waals surface area contributed by atoms with Gasteiger partial charge in [-0.05, 0) is 36.8 Å². The van der Waals surface area contributed by atoms with Crippen LogP contribution >= 0.6 is 23.2 Å². The molecule has 3 N–H and O–H groups in total. The molecule has 8 nitrogen and oxygen atoms in total. The van der Waals surface area contributed by atoms with E-state index in [0.717, 1.165) is 12.1 Å². The van der Waals surface area contributed by atoms with Gasteiger partial charge in [-0.1, -0.05) is 35.3 Å². The van der Waals surface area contributed by atoms with Crippen LogP contribution in [0.4, 0.5) is 21.5 Å². The van der Waals surface area contributed by atoms with Crippen LogP contribution in [0.15, 0.2) is 42.7 Å². The first-order chi connectivity index (χ1) is 16.9. The lowest BCUT2D eigenvalue weighted by Gasteiger charge is -2.14. The van der Waals surface area contributed by atoms with Crippen molar-refractivity contribution in [3.05, 3.63) is 69.8 Å². The number of halogens is 3. The Balaban J connectivity index is 1.62. The maximum absolute atomic E-state index is 13.6. The summed E-state index contributed by atoms with van der Waals surface area (Å²) >= 11 is 12.4. The summed E-state index contributed by atoms with van der Waals surface area (Å²) < 4.78 is 15.3. The molecule has 0 saturated carbocycles. The molecule has 0 spiro atoms. The Labute approximate surface area is 211 Å². The Bertz CT molecular complexity index is 1430. The first-order valence-corrected chi connectivity index (χ1v) is 11.5. The smallest absolute Gasteiger partial charge is 0.141 e. The van der Waals surface area contributed by atoms with Crippen molar-refractivity contribution in [1.82, 2.24) is 20.0 Å². The third-order valence-corrected chi connectivity index (χ3v) is 6.05. The lowest BCUT2D eigenvalue weighted by molar-refractivity contribution is 0.494. The molecule has 2 aromatic carbocycles. The van der Waals surface area contributed by atoms with Gasteiger partial charge in [-0.2, -0.15) is 5.26 Å². The summed E-state index contributed by atoms with van der Waals surface area (Å²) in [5.74, 6) is -0.424. The first-order valence-electron chi connectivity index (χ1n) is 10.8. The van der Waals surface area contributed by atoms with Crippen LogP contribution in [-0.4, -0.2) is 26.2 Å². The van der Waals surface area contributed by atoms with Gasteiger partial charge in [0.15, 0.2) is 0 Å². The van der Waals surface area contributed by atoms with Gasteiger partial charge in [-0.15, -0.1) is 5.10 Å². The van der Waals surface area contributed by atoms with Gasteiger partial charge in [-0.3, -0.25) is 9.67 Å². The van der Waals surface area contributed by atoms with E-state index in [1.807, 2.05) is 19.2 Å². The van der Waals surface area contributed by atoms with E-state index in [0.29, 0.717) is 51.6 Å². The van der Waals surface area contributed by atoms with Crippen molar-refractivity contribution < 1.29 is 4.39 Å². The summed E-state index contributed by atoms with van der Waals surface area (Å²) in [6.45, 7) is 3.02. The topological polar surface area (TPSA) is 115 Å². The predicted molar refractivity (Wildman–Crippen MR) is 136 cm³/mol. The molecule has 0 radical (unpaired) electrons. The zero-order valence-corrected chi connectivity index (χ0v) is 20.2. The van der Waals surface area contributed by atoms with Crippen molar-refractivity contribution in [2.24, 2.45) is 5.92 Å². The van der Waals surface area contributed by atoms with Crippen LogP contribution in [-0.2, 0) is 13.1 Å². The molecule has 178 valence electrons. The molecule has 0 aliphatic rings. The van der Waals surface area contributed by atoms with Crippen molar-refractivity contribution in [3.8, 4) is 6.07 Å². The highest BCUT2D eigenvalue weighted by Crippen LogP contribution is 2.35. The normalized spacial score (nSPS) is 11.7. The quantitative estimate of drug-likeness (QED) is 0.231. The molecule has 1 unspecified atom stereocenters. The van der Waals surface area contributed by atoms with E-state index in [-0.39, 0.29) is 10.9 Å². The third kappa shape index (κ3) is 5.50. The van der Waals surface area contributed by atoms with E-state index >= 15 is 0 Å². The number of hydrogen-bond donors (Lipinski definition) is 3. The second-order valence-corrected chi connectivity index (χ2v) is 8.70. The summed E-state index contributed by atoms with van der Waals surface area (Å²) in [5.41, 5.74) is 3.22. The standard InChI is InChI=1S/C24H21Cl2FN8/c1-2-14(8-28)12-35-13-18(33-34-35)11-30-17-5-19-23(32-16-3-4-22(27)20(25)6-16)15(9-29)10-31-24(19)21(26)7-17/h3-8,10,13-14,28,30H,2,11-12H2,1H3,(H,31,32). The van der Waals surface area contributed by atoms with Crippen LogP contribution in [0.3, 0.4) is 0 Å². The minimum absolute atomic E-state index is 0.0359. The summed E-state index contributed by atoms with van der Waals surface area (Å²) in [7, 11) is 0. The van der Waals surface area contributed by atoms with Crippen molar-refractivity contribution in [1.29, 1.82) is 10.7 Å². The van der Waals surface area contributed by atoms with Crippen LogP contribution in [0.25, 0.3) is 10.9 Å². The minimum Gasteiger partial charge on any atom is -0.379 e. The number of rotatable bonds is 9. The summed E-state index contributed by atoms with van der Waals surface area (Å²) in [5, 5.41) is 32.8. The predicted octanol–water partition coefficient (Wildman–Crippen LogP) is 6.18. The zero-order valence-electron chi connectivity index (χ0n) is 18.7. The molecule has 0 aliphatic heterocycles. The van der Waals surface area contributed by atoms with Gasteiger partial charge in [0.05, 0.1) is 46.1 Å². The Hall–Kier alpha value is -3.74. The van der Waals surface area contributed by atoms with E-state index in [9.17, 15) is 9.65 Å². The number of fused-ring (bicyclic) bond motifs is 1. The molecule has 35 heavy (non-hydrogen) atoms. The van der Waals surface area contributed by atoms with Gasteiger partial charge in [-0.25, -0.2) is 4.39 Å². The first kappa shape index (κ1) is 24.4. The number of nitrogens with one attached hydrogen (secondary N) is 3. The maximum Gasteiger partial charge on any atom is 0.141 e. The largest absolute Gasteiger partial charge is 0.379 e. The molecule has 4 rings (SSSR count). The van der Waals surface area contributed by atoms with Gasteiger partial charge in [0.1, 0.15) is 17.6 Å². The van der Waals surface area contributed by atoms with Gasteiger partial charge >= 0.3 is 0 Å². The van der Waals surface area contributed by atoms with Crippen LogP contribution in [0.5, 0.6) is 0 Å². The van der Waals surface area contributed by atoms with Crippen molar-refractivity contribution in [2.45, 2.75) is 26.4 Å². The molecule has 11 heteroatoms. The second kappa shape index (κ2) is 10.7. The fourth-order valence-electron chi connectivity index (χ4n) is 3.54. The Morgan fingerprint density at radius 3 is 2.74 bits per heavy atom. The summed E-state index contributed by atoms with van der Waals surface area (Å²) in [6, 6.07) is 9.92. The second-order valence-electron chi connectivity index (χ2n) is 7.89. The molecule has 0 aliphatic carbocycles. The van der Waals surface area contributed by atoms with Crippen molar-refractivity contribution in [2.75, 3.05) is 10.6 Å². The highest BCUT2D eigenvalue weighted by molar-refractivity contribution is 6.36. The highest BCUT2D eigenvalue weighted by Gasteiger charge is 2.14. The molecule has 4 aromatic rings. The number of aromatic nitrogens is 4. The Kier molecular flexibility index (Phi) is 7.44. The lowest BCUT2D eigenvalue weighted by Crippen LogP contribution is -2.11. The van der Waals surface area contributed by atoms with E-state index in [4.69, 9.17) is 28.6 Å². The number of nitriles is 1. The van der Waals surface area contributed by atoms with Crippen LogP contribution in [0, 0.1) is 28.5 Å². The van der Waals surface area contributed by atoms with Gasteiger partial charge in [0.2, 0.25) is 0 Å². The molecule has 0 bridgehead atoms. The van der Waals surface area contributed by atoms with Gasteiger partial charge < -0.3 is 16.0 Å². The molecule has 2 heterocycles. The molecular formula is C24H21Cl2FN8. The van der Waals surface area contributed by atoms with Crippen LogP contribution in [0.2, 0.25) is 10.0 Å². The van der Waals surface area contributed by atoms with E-state index in [1.165, 1.54) is 30.6 Å². The maximum atomic E-state index is 13.6. The average Bonchev–Trinajstić information content (AvgIpc) is 3.31. The molecule has 0 saturated heterocycles. The molecular weight excluding hydrogens is 490 g/mol. The average molecular weight is 511 g/mol. The number of nitrogens with zero attached hydrogens (tertiary/aromatic N) is 5. The van der Waals surface area contributed by atoms with Gasteiger partial charge in [0.25, 0.3) is 0 Å². The molecule has 1 atom stereocenters. The molecule has 2 aromatic heterocycles. The van der Waals surface area contributed by atoms with Crippen molar-refractivity contribution in [3.63, 3.8) is 0 Å². The van der Waals surface area contributed by atoms with Crippen LogP contribution in [0.1, 0.15) is 24.6 Å². The number of hydrogen-bond acceptors (Lipinski definition) is 7. The summed E-state index contributed by atoms with van der Waals surface area (Å²) in [4.78, 5) is 4.34. The molecule has 0 fully saturated rings. The van der Waals surface area contributed by atoms with Gasteiger partial charge in [0, 0.05) is 35.1 Å². The molecule has 0 amide bonds. The fraction of sp³-hybridized carbons (Fsp3) is 0.208. The van der Waals surface area contributed by atoms with E-state index < -0.39 is 5.82 Å². The highest BCUT2D eigenvalue weighted by atomic mass is 35.5. The number of pyridine rings is 1. The number of benzene rings is 2. The SMILES string of the molecule is CCC(C=N)Cn1cc(CNc2cc(Cl)c3ncc(C#N)c(Nc4ccc(F)c(Cl)c4)c3c2)nn1. The Morgan fingerprint density at radius 1 is 1.23 bits per heavy atom. The zero-order chi connectivity index (χ0) is 24.9. The fourth-order valence-corrected chi connectivity index (χ4v) is 3.99. The van der Waals surface area contributed by atoms with E-state index in [2.05, 4.69) is 32.0 Å². The monoisotopic (exact) mass is 510 g/mol. The third-order valence-electron chi connectivity index (χ3n) is 5.48. The Morgan fingerprint density at radius 2 is 2.03 bits per heavy atom. The van der Waals surface area contributed by atoms with Crippen LogP contribution < -0.4 is 10.6 Å². The number of anilines is 3. The summed E-state index contributed by atoms with van der Waals surface area (Å²) in [6.07, 6.45) is 5.55. The van der Waals surface area contributed by atoms with E-state index in [1.54, 1.807) is 10.7 Å².